The maximum absolute atomic E-state index is 11.4. The topological polar surface area (TPSA) is 109 Å². The van der Waals surface area contributed by atoms with Crippen molar-refractivity contribution < 1.29 is 13.2 Å². The summed E-state index contributed by atoms with van der Waals surface area (Å²) in [6.45, 7) is 0.786. The van der Waals surface area contributed by atoms with Crippen LogP contribution in [0.15, 0.2) is 60.9 Å². The quantitative estimate of drug-likeness (QED) is 0.290. The van der Waals surface area contributed by atoms with Gasteiger partial charge < -0.3 is 14.6 Å². The van der Waals surface area contributed by atoms with E-state index in [-0.39, 0.29) is 12.4 Å². The van der Waals surface area contributed by atoms with Gasteiger partial charge in [0.15, 0.2) is 5.75 Å². The van der Waals surface area contributed by atoms with Crippen LogP contribution < -0.4 is 14.8 Å². The molecule has 0 aliphatic carbocycles. The number of hydrogen-bond donors (Lipinski definition) is 2. The van der Waals surface area contributed by atoms with Crippen LogP contribution in [-0.4, -0.2) is 36.7 Å². The molecule has 8 nitrogen and oxygen atoms in total. The number of sulfonamides is 1. The first-order valence-electron chi connectivity index (χ1n) is 10.5. The summed E-state index contributed by atoms with van der Waals surface area (Å²) < 4.78 is 32.7. The van der Waals surface area contributed by atoms with Crippen molar-refractivity contribution in [1.82, 2.24) is 9.55 Å². The normalized spacial score (nSPS) is 11.3. The number of ether oxygens (including phenoxy) is 1. The largest absolute Gasteiger partial charge is 0.489 e. The van der Waals surface area contributed by atoms with Gasteiger partial charge in [0.25, 0.3) is 0 Å². The minimum Gasteiger partial charge on any atom is -0.489 e. The molecule has 0 saturated carbocycles. The van der Waals surface area contributed by atoms with Gasteiger partial charge in [-0.05, 0) is 42.0 Å². The summed E-state index contributed by atoms with van der Waals surface area (Å²) in [4.78, 5) is 4.01. The number of fused-ring (bicyclic) bond motifs is 1. The number of aromatic nitrogens is 2. The van der Waals surface area contributed by atoms with Crippen molar-refractivity contribution in [3.8, 4) is 17.5 Å². The van der Waals surface area contributed by atoms with E-state index in [1.54, 1.807) is 24.3 Å². The molecule has 0 radical (unpaired) electrons. The van der Waals surface area contributed by atoms with Gasteiger partial charge in [-0.1, -0.05) is 17.7 Å². The highest BCUT2D eigenvalue weighted by atomic mass is 35.5. The Kier molecular flexibility index (Phi) is 7.36. The van der Waals surface area contributed by atoms with Gasteiger partial charge in [-0.25, -0.2) is 13.4 Å². The van der Waals surface area contributed by atoms with E-state index in [0.717, 1.165) is 34.1 Å². The van der Waals surface area contributed by atoms with E-state index in [4.69, 9.17) is 27.9 Å². The van der Waals surface area contributed by atoms with E-state index in [1.165, 1.54) is 6.20 Å². The second-order valence-corrected chi connectivity index (χ2v) is 10.2. The average molecular weight is 530 g/mol. The Bertz CT molecular complexity index is 1530. The standard InChI is InChI=1S/C24H21Cl2N5O3S/c1-35(32,33)30-23-12-19(4-7-28-23)29-15-16-2-3-22-17(10-16)5-8-31(22)20-11-18(14-27)24(21(26)13-20)34-9-6-25/h2-5,7-8,10-13H,6,9,15H2,1H3,(H2,28,29,30). The first-order valence-corrected chi connectivity index (χ1v) is 13.3. The third-order valence-electron chi connectivity index (χ3n) is 5.05. The number of nitriles is 1. The van der Waals surface area contributed by atoms with E-state index in [0.29, 0.717) is 28.8 Å². The summed E-state index contributed by atoms with van der Waals surface area (Å²) in [5.41, 5.74) is 3.80. The highest BCUT2D eigenvalue weighted by Gasteiger charge is 2.14. The van der Waals surface area contributed by atoms with E-state index >= 15 is 0 Å². The Labute approximate surface area is 213 Å². The van der Waals surface area contributed by atoms with Crippen molar-refractivity contribution >= 4 is 55.6 Å². The van der Waals surface area contributed by atoms with Crippen LogP contribution in [-0.2, 0) is 16.6 Å². The summed E-state index contributed by atoms with van der Waals surface area (Å²) in [5, 5.41) is 14.2. The Balaban J connectivity index is 1.55. The van der Waals surface area contributed by atoms with Gasteiger partial charge in [-0.3, -0.25) is 4.72 Å². The molecular formula is C24H21Cl2N5O3S. The monoisotopic (exact) mass is 529 g/mol. The molecule has 2 aromatic heterocycles. The summed E-state index contributed by atoms with van der Waals surface area (Å²) in [7, 11) is -3.40. The molecule has 2 N–H and O–H groups in total. The number of nitrogens with zero attached hydrogens (tertiary/aromatic N) is 3. The maximum Gasteiger partial charge on any atom is 0.230 e. The predicted molar refractivity (Wildman–Crippen MR) is 139 cm³/mol. The maximum atomic E-state index is 11.4. The molecule has 2 heterocycles. The fourth-order valence-corrected chi connectivity index (χ4v) is 4.44. The van der Waals surface area contributed by atoms with Crippen LogP contribution in [0.25, 0.3) is 16.6 Å². The third-order valence-corrected chi connectivity index (χ3v) is 6.07. The lowest BCUT2D eigenvalue weighted by atomic mass is 10.1. The van der Waals surface area contributed by atoms with E-state index < -0.39 is 10.0 Å². The van der Waals surface area contributed by atoms with Crippen molar-refractivity contribution in [2.45, 2.75) is 6.54 Å². The minimum absolute atomic E-state index is 0.250. The number of halogens is 2. The summed E-state index contributed by atoms with van der Waals surface area (Å²) in [6.07, 6.45) is 4.53. The van der Waals surface area contributed by atoms with Gasteiger partial charge in [-0.15, -0.1) is 11.6 Å². The van der Waals surface area contributed by atoms with E-state index in [1.807, 2.05) is 29.0 Å². The van der Waals surface area contributed by atoms with Crippen molar-refractivity contribution in [2.75, 3.05) is 28.8 Å². The van der Waals surface area contributed by atoms with Crippen LogP contribution in [0, 0.1) is 11.3 Å². The van der Waals surface area contributed by atoms with Crippen LogP contribution in [0.3, 0.4) is 0 Å². The van der Waals surface area contributed by atoms with Crippen LogP contribution >= 0.6 is 23.2 Å². The molecular weight excluding hydrogens is 509 g/mol. The number of anilines is 2. The van der Waals surface area contributed by atoms with E-state index in [2.05, 4.69) is 27.2 Å². The molecule has 0 amide bonds. The number of pyridine rings is 1. The zero-order valence-electron chi connectivity index (χ0n) is 18.6. The lowest BCUT2D eigenvalue weighted by molar-refractivity contribution is 0.342. The molecule has 0 unspecified atom stereocenters. The smallest absolute Gasteiger partial charge is 0.230 e. The molecule has 0 saturated heterocycles. The molecule has 2 aromatic carbocycles. The fourth-order valence-electron chi connectivity index (χ4n) is 3.61. The average Bonchev–Trinajstić information content (AvgIpc) is 3.24. The van der Waals surface area contributed by atoms with Gasteiger partial charge in [0.05, 0.1) is 28.2 Å². The molecule has 0 fully saturated rings. The zero-order chi connectivity index (χ0) is 25.0. The molecule has 0 atom stereocenters. The van der Waals surface area contributed by atoms with Gasteiger partial charge in [-0.2, -0.15) is 5.26 Å². The second kappa shape index (κ2) is 10.4. The molecule has 35 heavy (non-hydrogen) atoms. The van der Waals surface area contributed by atoms with Crippen molar-refractivity contribution in [3.63, 3.8) is 0 Å². The molecule has 180 valence electrons. The van der Waals surface area contributed by atoms with Crippen molar-refractivity contribution in [1.29, 1.82) is 5.26 Å². The molecule has 0 aliphatic heterocycles. The first-order chi connectivity index (χ1) is 16.8. The van der Waals surface area contributed by atoms with Crippen LogP contribution in [0.2, 0.25) is 5.02 Å². The summed E-state index contributed by atoms with van der Waals surface area (Å²) >= 11 is 12.1. The highest BCUT2D eigenvalue weighted by molar-refractivity contribution is 7.92. The number of benzene rings is 2. The molecule has 4 rings (SSSR count). The van der Waals surface area contributed by atoms with E-state index in [9.17, 15) is 13.7 Å². The number of nitrogens with one attached hydrogen (secondary N) is 2. The van der Waals surface area contributed by atoms with Crippen LogP contribution in [0.5, 0.6) is 5.75 Å². The highest BCUT2D eigenvalue weighted by Crippen LogP contribution is 2.33. The Morgan fingerprint density at radius 1 is 1.17 bits per heavy atom. The lowest BCUT2D eigenvalue weighted by Crippen LogP contribution is -2.11. The Hall–Kier alpha value is -3.45. The summed E-state index contributed by atoms with van der Waals surface area (Å²) in [6, 6.07) is 17.0. The number of rotatable bonds is 9. The van der Waals surface area contributed by atoms with Gasteiger partial charge in [0.2, 0.25) is 10.0 Å². The molecule has 4 aromatic rings. The summed E-state index contributed by atoms with van der Waals surface area (Å²) in [5.74, 6) is 0.872. The predicted octanol–water partition coefficient (Wildman–Crippen LogP) is 5.15. The SMILES string of the molecule is CS(=O)(=O)Nc1cc(NCc2ccc3c(ccn3-c3cc(Cl)c(OCCCl)c(C#N)c3)c2)ccn1. The minimum atomic E-state index is -3.40. The van der Waals surface area contributed by atoms with Crippen molar-refractivity contribution in [3.05, 3.63) is 77.1 Å². The number of hydrogen-bond acceptors (Lipinski definition) is 6. The molecule has 11 heteroatoms. The van der Waals surface area contributed by atoms with Gasteiger partial charge in [0.1, 0.15) is 18.5 Å². The molecule has 0 aliphatic rings. The second-order valence-electron chi connectivity index (χ2n) is 7.69. The van der Waals surface area contributed by atoms with Gasteiger partial charge in [0, 0.05) is 41.8 Å². The van der Waals surface area contributed by atoms with Gasteiger partial charge >= 0.3 is 0 Å². The molecule has 0 bridgehead atoms. The lowest BCUT2D eigenvalue weighted by Gasteiger charge is -2.13. The Morgan fingerprint density at radius 2 is 2.00 bits per heavy atom. The first kappa shape index (κ1) is 24.7. The molecule has 0 spiro atoms. The van der Waals surface area contributed by atoms with Crippen LogP contribution in [0.4, 0.5) is 11.5 Å². The zero-order valence-corrected chi connectivity index (χ0v) is 21.0. The third kappa shape index (κ3) is 5.98. The van der Waals surface area contributed by atoms with Crippen molar-refractivity contribution in [2.24, 2.45) is 0 Å². The van der Waals surface area contributed by atoms with Crippen LogP contribution in [0.1, 0.15) is 11.1 Å². The Morgan fingerprint density at radius 3 is 2.74 bits per heavy atom. The number of alkyl halides is 1. The fraction of sp³-hybridized carbons (Fsp3) is 0.167.